The van der Waals surface area contributed by atoms with Crippen LogP contribution in [0.1, 0.15) is 12.0 Å². The standard InChI is InChI=1S/C13H16N2O3/c1-2-3-7-14-13(18)15-11-6-4-5-10(8-11)9-12(16)17/h2,4-6,8H,1,3,7,9H2,(H,16,17)(H2,14,15,18). The van der Waals surface area contributed by atoms with Crippen molar-refractivity contribution in [1.29, 1.82) is 0 Å². The SMILES string of the molecule is C=CCCNC(=O)Nc1cccc(CC(=O)O)c1. The summed E-state index contributed by atoms with van der Waals surface area (Å²) in [4.78, 5) is 22.0. The molecule has 5 heteroatoms. The van der Waals surface area contributed by atoms with Crippen molar-refractivity contribution in [3.63, 3.8) is 0 Å². The zero-order valence-corrected chi connectivity index (χ0v) is 9.98. The number of nitrogens with one attached hydrogen (secondary N) is 2. The molecule has 0 atom stereocenters. The molecule has 0 saturated carbocycles. The van der Waals surface area contributed by atoms with Gasteiger partial charge in [-0.05, 0) is 24.1 Å². The maximum Gasteiger partial charge on any atom is 0.319 e. The second-order valence-electron chi connectivity index (χ2n) is 3.73. The molecule has 96 valence electrons. The molecule has 0 unspecified atom stereocenters. The number of carbonyl (C=O) groups is 2. The van der Waals surface area contributed by atoms with Crippen LogP contribution >= 0.6 is 0 Å². The first-order chi connectivity index (χ1) is 8.61. The molecule has 3 N–H and O–H groups in total. The number of carboxylic acid groups (broad SMARTS) is 1. The highest BCUT2D eigenvalue weighted by Crippen LogP contribution is 2.11. The van der Waals surface area contributed by atoms with E-state index in [4.69, 9.17) is 5.11 Å². The summed E-state index contributed by atoms with van der Waals surface area (Å²) in [5.74, 6) is -0.900. The second-order valence-corrected chi connectivity index (χ2v) is 3.73. The zero-order valence-electron chi connectivity index (χ0n) is 9.98. The summed E-state index contributed by atoms with van der Waals surface area (Å²) in [7, 11) is 0. The van der Waals surface area contributed by atoms with Crippen molar-refractivity contribution in [2.45, 2.75) is 12.8 Å². The van der Waals surface area contributed by atoms with Gasteiger partial charge < -0.3 is 15.7 Å². The fourth-order valence-electron chi connectivity index (χ4n) is 1.40. The number of hydrogen-bond acceptors (Lipinski definition) is 2. The topological polar surface area (TPSA) is 78.4 Å². The third kappa shape index (κ3) is 5.16. The van der Waals surface area contributed by atoms with Crippen LogP contribution in [0, 0.1) is 0 Å². The number of hydrogen-bond donors (Lipinski definition) is 3. The Hall–Kier alpha value is -2.30. The molecule has 5 nitrogen and oxygen atoms in total. The third-order valence-corrected chi connectivity index (χ3v) is 2.17. The minimum atomic E-state index is -0.900. The number of anilines is 1. The number of carbonyl (C=O) groups excluding carboxylic acids is 1. The van der Waals surface area contributed by atoms with Gasteiger partial charge >= 0.3 is 12.0 Å². The van der Waals surface area contributed by atoms with Crippen molar-refractivity contribution in [1.82, 2.24) is 5.32 Å². The number of benzene rings is 1. The Morgan fingerprint density at radius 1 is 1.39 bits per heavy atom. The van der Waals surface area contributed by atoms with Crippen LogP contribution in [-0.4, -0.2) is 23.7 Å². The summed E-state index contributed by atoms with van der Waals surface area (Å²) < 4.78 is 0. The third-order valence-electron chi connectivity index (χ3n) is 2.17. The van der Waals surface area contributed by atoms with Crippen molar-refractivity contribution in [3.05, 3.63) is 42.5 Å². The Labute approximate surface area is 106 Å². The molecule has 18 heavy (non-hydrogen) atoms. The number of amides is 2. The number of aliphatic carboxylic acids is 1. The fourth-order valence-corrected chi connectivity index (χ4v) is 1.40. The van der Waals surface area contributed by atoms with Crippen LogP contribution in [-0.2, 0) is 11.2 Å². The highest BCUT2D eigenvalue weighted by atomic mass is 16.4. The number of rotatable bonds is 6. The van der Waals surface area contributed by atoms with E-state index < -0.39 is 5.97 Å². The van der Waals surface area contributed by atoms with E-state index >= 15 is 0 Å². The van der Waals surface area contributed by atoms with Gasteiger partial charge in [-0.2, -0.15) is 0 Å². The Bertz CT molecular complexity index is 444. The maximum atomic E-state index is 11.4. The van der Waals surface area contributed by atoms with Crippen molar-refractivity contribution < 1.29 is 14.7 Å². The molecule has 0 saturated heterocycles. The molecule has 0 spiro atoms. The van der Waals surface area contributed by atoms with E-state index in [0.29, 0.717) is 24.2 Å². The normalized spacial score (nSPS) is 9.56. The van der Waals surface area contributed by atoms with Gasteiger partial charge in [0.15, 0.2) is 0 Å². The highest BCUT2D eigenvalue weighted by molar-refractivity contribution is 5.89. The van der Waals surface area contributed by atoms with Crippen LogP contribution in [0.25, 0.3) is 0 Å². The Balaban J connectivity index is 2.53. The zero-order chi connectivity index (χ0) is 13.4. The van der Waals surface area contributed by atoms with E-state index in [1.165, 1.54) is 0 Å². The van der Waals surface area contributed by atoms with E-state index in [1.807, 2.05) is 0 Å². The van der Waals surface area contributed by atoms with E-state index in [1.54, 1.807) is 30.3 Å². The molecule has 1 rings (SSSR count). The van der Waals surface area contributed by atoms with Crippen LogP contribution in [0.15, 0.2) is 36.9 Å². The highest BCUT2D eigenvalue weighted by Gasteiger charge is 2.03. The molecule has 0 fully saturated rings. The predicted molar refractivity (Wildman–Crippen MR) is 69.6 cm³/mol. The number of carboxylic acids is 1. The molecule has 0 bridgehead atoms. The minimum Gasteiger partial charge on any atom is -0.481 e. The molecule has 0 aromatic heterocycles. The summed E-state index contributed by atoms with van der Waals surface area (Å²) >= 11 is 0. The first kappa shape index (κ1) is 13.8. The quantitative estimate of drug-likeness (QED) is 0.532. The molecule has 0 radical (unpaired) electrons. The van der Waals surface area contributed by atoms with Gasteiger partial charge in [0, 0.05) is 12.2 Å². The minimum absolute atomic E-state index is 0.0619. The predicted octanol–water partition coefficient (Wildman–Crippen LogP) is 2.01. The van der Waals surface area contributed by atoms with E-state index in [9.17, 15) is 9.59 Å². The van der Waals surface area contributed by atoms with Crippen LogP contribution < -0.4 is 10.6 Å². The summed E-state index contributed by atoms with van der Waals surface area (Å²) in [6, 6.07) is 6.44. The largest absolute Gasteiger partial charge is 0.481 e. The van der Waals surface area contributed by atoms with Gasteiger partial charge in [0.25, 0.3) is 0 Å². The molecule has 0 aliphatic carbocycles. The van der Waals surface area contributed by atoms with Gasteiger partial charge in [-0.15, -0.1) is 6.58 Å². The van der Waals surface area contributed by atoms with Crippen LogP contribution in [0.4, 0.5) is 10.5 Å². The molecular weight excluding hydrogens is 232 g/mol. The van der Waals surface area contributed by atoms with Gasteiger partial charge in [-0.25, -0.2) is 4.79 Å². The molecule has 2 amide bonds. The summed E-state index contributed by atoms with van der Waals surface area (Å²) in [5, 5.41) is 14.0. The van der Waals surface area contributed by atoms with Crippen molar-refractivity contribution in [3.8, 4) is 0 Å². The summed E-state index contributed by atoms with van der Waals surface area (Å²) in [5.41, 5.74) is 1.22. The molecule has 0 aliphatic heterocycles. The molecule has 0 heterocycles. The summed E-state index contributed by atoms with van der Waals surface area (Å²) in [6.07, 6.45) is 2.35. The maximum absolute atomic E-state index is 11.4. The first-order valence-electron chi connectivity index (χ1n) is 5.58. The van der Waals surface area contributed by atoms with Crippen molar-refractivity contribution in [2.24, 2.45) is 0 Å². The van der Waals surface area contributed by atoms with Gasteiger partial charge in [-0.3, -0.25) is 4.79 Å². The van der Waals surface area contributed by atoms with E-state index in [-0.39, 0.29) is 12.5 Å². The molecule has 1 aromatic rings. The van der Waals surface area contributed by atoms with Gasteiger partial charge in [0.05, 0.1) is 6.42 Å². The Morgan fingerprint density at radius 3 is 2.83 bits per heavy atom. The van der Waals surface area contributed by atoms with E-state index in [2.05, 4.69) is 17.2 Å². The van der Waals surface area contributed by atoms with Gasteiger partial charge in [-0.1, -0.05) is 18.2 Å². The lowest BCUT2D eigenvalue weighted by molar-refractivity contribution is -0.136. The monoisotopic (exact) mass is 248 g/mol. The van der Waals surface area contributed by atoms with Crippen molar-refractivity contribution >= 4 is 17.7 Å². The van der Waals surface area contributed by atoms with Crippen LogP contribution in [0.2, 0.25) is 0 Å². The van der Waals surface area contributed by atoms with Gasteiger partial charge in [0.1, 0.15) is 0 Å². The summed E-state index contributed by atoms with van der Waals surface area (Å²) in [6.45, 7) is 4.07. The van der Waals surface area contributed by atoms with Gasteiger partial charge in [0.2, 0.25) is 0 Å². The lowest BCUT2D eigenvalue weighted by Gasteiger charge is -2.07. The molecular formula is C13H16N2O3. The smallest absolute Gasteiger partial charge is 0.319 e. The van der Waals surface area contributed by atoms with Crippen LogP contribution in [0.5, 0.6) is 0 Å². The fraction of sp³-hybridized carbons (Fsp3) is 0.231. The lowest BCUT2D eigenvalue weighted by Crippen LogP contribution is -2.29. The molecule has 0 aliphatic rings. The Morgan fingerprint density at radius 2 is 2.17 bits per heavy atom. The van der Waals surface area contributed by atoms with Crippen molar-refractivity contribution in [2.75, 3.05) is 11.9 Å². The van der Waals surface area contributed by atoms with Crippen LogP contribution in [0.3, 0.4) is 0 Å². The average Bonchev–Trinajstić information content (AvgIpc) is 2.28. The number of urea groups is 1. The van der Waals surface area contributed by atoms with E-state index in [0.717, 1.165) is 0 Å². The first-order valence-corrected chi connectivity index (χ1v) is 5.58. The lowest BCUT2D eigenvalue weighted by atomic mass is 10.1. The average molecular weight is 248 g/mol. The Kier molecular flexibility index (Phi) is 5.44. The second kappa shape index (κ2) is 7.11. The molecule has 1 aromatic carbocycles.